The van der Waals surface area contributed by atoms with Crippen LogP contribution in [0.2, 0.25) is 0 Å². The monoisotopic (exact) mass is 491 g/mol. The van der Waals surface area contributed by atoms with Crippen molar-refractivity contribution >= 4 is 5.91 Å². The highest BCUT2D eigenvalue weighted by Crippen LogP contribution is 2.45. The molecule has 0 bridgehead atoms. The van der Waals surface area contributed by atoms with Crippen molar-refractivity contribution in [3.63, 3.8) is 0 Å². The van der Waals surface area contributed by atoms with E-state index in [4.69, 9.17) is 19.3 Å². The van der Waals surface area contributed by atoms with Crippen LogP contribution in [0.3, 0.4) is 0 Å². The van der Waals surface area contributed by atoms with Crippen molar-refractivity contribution in [2.75, 3.05) is 67.8 Å². The topological polar surface area (TPSA) is 81.1 Å². The molecular weight excluding hydrogens is 446 g/mol. The van der Waals surface area contributed by atoms with Crippen LogP contribution in [0.15, 0.2) is 0 Å². The molecule has 0 radical (unpaired) electrons. The number of hydrogen-bond acceptors (Lipinski definition) is 7. The molecule has 9 heteroatoms. The third kappa shape index (κ3) is 6.07. The lowest BCUT2D eigenvalue weighted by Crippen LogP contribution is -2.44. The highest BCUT2D eigenvalue weighted by Gasteiger charge is 2.39. The summed E-state index contributed by atoms with van der Waals surface area (Å²) in [7, 11) is 7.73. The minimum atomic E-state index is -0.265. The van der Waals surface area contributed by atoms with Gasteiger partial charge in [0.15, 0.2) is 0 Å². The molecule has 0 aromatic carbocycles. The minimum Gasteiger partial charge on any atom is -0.384 e. The van der Waals surface area contributed by atoms with Crippen LogP contribution in [-0.4, -0.2) is 99.4 Å². The third-order valence-electron chi connectivity index (χ3n) is 8.13. The van der Waals surface area contributed by atoms with E-state index in [1.54, 1.807) is 14.2 Å². The number of carbonyl (C=O) groups is 1. The number of rotatable bonds is 11. The maximum Gasteiger partial charge on any atom is 0.252 e. The molecule has 1 N–H and O–H groups in total. The van der Waals surface area contributed by atoms with Gasteiger partial charge in [-0.25, -0.2) is 0 Å². The van der Waals surface area contributed by atoms with Crippen LogP contribution in [0.4, 0.5) is 0 Å². The van der Waals surface area contributed by atoms with E-state index >= 15 is 0 Å². The average Bonchev–Trinajstić information content (AvgIpc) is 3.51. The number of methoxy groups -OCH3 is 2. The van der Waals surface area contributed by atoms with E-state index in [9.17, 15) is 4.79 Å². The molecule has 9 nitrogen and oxygen atoms in total. The lowest BCUT2D eigenvalue weighted by atomic mass is 9.69. The number of carbonyl (C=O) groups excluding carboxylic acids is 1. The highest BCUT2D eigenvalue weighted by molar-refractivity contribution is 5.81. The fourth-order valence-corrected chi connectivity index (χ4v) is 6.24. The number of amides is 1. The Morgan fingerprint density at radius 3 is 2.57 bits per heavy atom. The van der Waals surface area contributed by atoms with Crippen LogP contribution in [0.1, 0.15) is 61.4 Å². The summed E-state index contributed by atoms with van der Waals surface area (Å²) in [6, 6.07) is 0. The Morgan fingerprint density at radius 2 is 1.94 bits per heavy atom. The van der Waals surface area contributed by atoms with E-state index in [1.165, 1.54) is 17.0 Å². The van der Waals surface area contributed by atoms with Crippen LogP contribution < -0.4 is 5.32 Å². The van der Waals surface area contributed by atoms with Gasteiger partial charge in [0.25, 0.3) is 5.91 Å². The van der Waals surface area contributed by atoms with Crippen molar-refractivity contribution < 1.29 is 19.0 Å². The molecule has 3 heterocycles. The maximum atomic E-state index is 13.2. The molecule has 1 atom stereocenters. The number of fused-ring (bicyclic) bond motifs is 1. The van der Waals surface area contributed by atoms with Gasteiger partial charge in [-0.15, -0.1) is 0 Å². The molecule has 1 aromatic rings. The fraction of sp³-hybridized carbons (Fsp3) is 0.846. The molecule has 0 spiro atoms. The van der Waals surface area contributed by atoms with Crippen LogP contribution >= 0.6 is 0 Å². The van der Waals surface area contributed by atoms with Gasteiger partial charge in [-0.3, -0.25) is 14.4 Å². The van der Waals surface area contributed by atoms with Crippen molar-refractivity contribution in [1.29, 1.82) is 0 Å². The Kier molecular flexibility index (Phi) is 9.21. The van der Waals surface area contributed by atoms with E-state index in [0.717, 1.165) is 77.9 Å². The average molecular weight is 492 g/mol. The number of aromatic nitrogens is 2. The number of ether oxygens (including phenoxy) is 3. The van der Waals surface area contributed by atoms with Gasteiger partial charge in [0.1, 0.15) is 6.10 Å². The summed E-state index contributed by atoms with van der Waals surface area (Å²) in [6.45, 7) is 7.02. The zero-order valence-corrected chi connectivity index (χ0v) is 22.2. The summed E-state index contributed by atoms with van der Waals surface area (Å²) in [5.41, 5.74) is 3.89. The van der Waals surface area contributed by atoms with Gasteiger partial charge in [0.2, 0.25) is 0 Å². The predicted octanol–water partition coefficient (Wildman–Crippen LogP) is 1.99. The molecule has 1 saturated carbocycles. The molecule has 1 saturated heterocycles. The van der Waals surface area contributed by atoms with Gasteiger partial charge in [0, 0.05) is 58.0 Å². The molecule has 35 heavy (non-hydrogen) atoms. The van der Waals surface area contributed by atoms with E-state index in [2.05, 4.69) is 21.9 Å². The minimum absolute atomic E-state index is 0.0960. The zero-order valence-electron chi connectivity index (χ0n) is 22.2. The number of nitrogens with zero attached hydrogens (tertiary/aromatic N) is 4. The summed E-state index contributed by atoms with van der Waals surface area (Å²) in [5, 5.41) is 8.35. The Morgan fingerprint density at radius 1 is 1.20 bits per heavy atom. The Hall–Kier alpha value is -1.52. The molecule has 2 aliphatic heterocycles. The van der Waals surface area contributed by atoms with Gasteiger partial charge in [0.05, 0.1) is 37.7 Å². The van der Waals surface area contributed by atoms with E-state index < -0.39 is 0 Å². The Bertz CT molecular complexity index is 822. The molecule has 2 fully saturated rings. The molecule has 3 aliphatic rings. The van der Waals surface area contributed by atoms with E-state index in [1.807, 2.05) is 11.9 Å². The normalized spacial score (nSPS) is 22.7. The first-order valence-corrected chi connectivity index (χ1v) is 13.3. The predicted molar refractivity (Wildman–Crippen MR) is 134 cm³/mol. The second-order valence-electron chi connectivity index (χ2n) is 10.8. The van der Waals surface area contributed by atoms with Gasteiger partial charge in [-0.1, -0.05) is 0 Å². The molecule has 1 aliphatic carbocycles. The van der Waals surface area contributed by atoms with Crippen molar-refractivity contribution in [3.05, 3.63) is 17.0 Å². The largest absolute Gasteiger partial charge is 0.384 e. The van der Waals surface area contributed by atoms with Crippen LogP contribution in [0.5, 0.6) is 0 Å². The number of nitrogens with one attached hydrogen (secondary N) is 1. The summed E-state index contributed by atoms with van der Waals surface area (Å²) >= 11 is 0. The summed E-state index contributed by atoms with van der Waals surface area (Å²) in [5.74, 6) is 0.600. The smallest absolute Gasteiger partial charge is 0.252 e. The maximum absolute atomic E-state index is 13.2. The molecule has 1 aromatic heterocycles. The van der Waals surface area contributed by atoms with Gasteiger partial charge >= 0.3 is 0 Å². The van der Waals surface area contributed by atoms with Crippen molar-refractivity contribution in [2.24, 2.45) is 5.41 Å². The van der Waals surface area contributed by atoms with Crippen molar-refractivity contribution in [2.45, 2.75) is 70.2 Å². The lowest BCUT2D eigenvalue weighted by Gasteiger charge is -2.40. The SMILES string of the molecule is CNCCN(C)Cc1nn2c(c1C1CCC(COC)(COC)CC1)CN(C(=O)C1CCCO1)CC2. The van der Waals surface area contributed by atoms with Crippen LogP contribution in [0.25, 0.3) is 0 Å². The summed E-state index contributed by atoms with van der Waals surface area (Å²) < 4.78 is 19.1. The summed E-state index contributed by atoms with van der Waals surface area (Å²) in [6.07, 6.45) is 5.90. The van der Waals surface area contributed by atoms with E-state index in [0.29, 0.717) is 25.6 Å². The van der Waals surface area contributed by atoms with Crippen LogP contribution in [0, 0.1) is 5.41 Å². The first-order valence-electron chi connectivity index (χ1n) is 13.3. The summed E-state index contributed by atoms with van der Waals surface area (Å²) in [4.78, 5) is 17.5. The molecule has 4 rings (SSSR count). The molecular formula is C26H45N5O4. The van der Waals surface area contributed by atoms with E-state index in [-0.39, 0.29) is 17.4 Å². The van der Waals surface area contributed by atoms with Crippen molar-refractivity contribution in [1.82, 2.24) is 24.9 Å². The van der Waals surface area contributed by atoms with Gasteiger partial charge in [-0.05, 0) is 58.5 Å². The highest BCUT2D eigenvalue weighted by atomic mass is 16.5. The zero-order chi connectivity index (χ0) is 24.8. The standard InChI is InChI=1S/C26H45N5O4/c1-27-11-12-29(2)16-21-24(20-7-9-26(10-8-20,18-33-3)19-34-4)22-17-30(13-14-31(22)28-21)25(32)23-6-5-15-35-23/h20,23,27H,5-19H2,1-4H3. The third-order valence-corrected chi connectivity index (χ3v) is 8.13. The second kappa shape index (κ2) is 12.1. The first-order chi connectivity index (χ1) is 17.0. The molecule has 198 valence electrons. The Balaban J connectivity index is 1.57. The Labute approximate surface area is 210 Å². The van der Waals surface area contributed by atoms with Gasteiger partial charge < -0.3 is 24.4 Å². The number of likely N-dealkylation sites (N-methyl/N-ethyl adjacent to an activating group) is 2. The van der Waals surface area contributed by atoms with Crippen LogP contribution in [-0.2, 0) is 38.6 Å². The van der Waals surface area contributed by atoms with Gasteiger partial charge in [-0.2, -0.15) is 5.10 Å². The quantitative estimate of drug-likeness (QED) is 0.507. The fourth-order valence-electron chi connectivity index (χ4n) is 6.24. The molecule has 1 unspecified atom stereocenters. The second-order valence-corrected chi connectivity index (χ2v) is 10.8. The number of hydrogen-bond donors (Lipinski definition) is 1. The van der Waals surface area contributed by atoms with Crippen molar-refractivity contribution in [3.8, 4) is 0 Å². The lowest BCUT2D eigenvalue weighted by molar-refractivity contribution is -0.142. The first kappa shape index (κ1) is 26.5. The molecule has 1 amide bonds.